The van der Waals surface area contributed by atoms with E-state index in [1.54, 1.807) is 0 Å². The van der Waals surface area contributed by atoms with Crippen molar-refractivity contribution in [3.63, 3.8) is 0 Å². The molecule has 0 aliphatic carbocycles. The Kier molecular flexibility index (Phi) is 11.9. The normalized spacial score (nSPS) is 10.9. The summed E-state index contributed by atoms with van der Waals surface area (Å²) in [7, 11) is 0. The number of halogens is 3. The number of allylic oxidation sites excluding steroid dienone is 1. The standard InChI is InChI=1S/C14H23I3N4/c1-2-3-4-5-6-7-8-9-10-13-18-19-20-21(13)11-12(15)14(16)17/h2-11H2,1H3. The van der Waals surface area contributed by atoms with Crippen LogP contribution < -0.4 is 0 Å². The Morgan fingerprint density at radius 2 is 1.57 bits per heavy atom. The predicted octanol–water partition coefficient (Wildman–Crippen LogP) is 5.83. The zero-order valence-corrected chi connectivity index (χ0v) is 19.0. The third kappa shape index (κ3) is 9.01. The van der Waals surface area contributed by atoms with E-state index in [0.717, 1.165) is 18.8 Å². The Labute approximate surface area is 168 Å². The van der Waals surface area contributed by atoms with Crippen molar-refractivity contribution < 1.29 is 0 Å². The van der Waals surface area contributed by atoms with E-state index in [1.165, 1.54) is 56.5 Å². The molecule has 1 rings (SSSR count). The summed E-state index contributed by atoms with van der Waals surface area (Å²) in [5.74, 6) is 1.02. The summed E-state index contributed by atoms with van der Waals surface area (Å²) in [4.78, 5) is 0. The Hall–Kier alpha value is 1.000. The SMILES string of the molecule is CCCCCCCCCCc1nnnn1CC(I)=C(I)I. The van der Waals surface area contributed by atoms with Gasteiger partial charge in [-0.25, -0.2) is 4.68 Å². The number of hydrogen-bond donors (Lipinski definition) is 0. The smallest absolute Gasteiger partial charge is 0.151 e. The van der Waals surface area contributed by atoms with E-state index in [-0.39, 0.29) is 0 Å². The quantitative estimate of drug-likeness (QED) is 0.229. The van der Waals surface area contributed by atoms with Gasteiger partial charge in [0.1, 0.15) is 0 Å². The first-order valence-corrected chi connectivity index (χ1v) is 10.8. The summed E-state index contributed by atoms with van der Waals surface area (Å²) in [6.07, 6.45) is 11.7. The van der Waals surface area contributed by atoms with Crippen LogP contribution in [-0.4, -0.2) is 20.2 Å². The Morgan fingerprint density at radius 3 is 2.19 bits per heavy atom. The maximum atomic E-state index is 4.16. The summed E-state index contributed by atoms with van der Waals surface area (Å²) in [5.41, 5.74) is 0. The van der Waals surface area contributed by atoms with Crippen molar-refractivity contribution in [3.8, 4) is 0 Å². The van der Waals surface area contributed by atoms with Gasteiger partial charge in [-0.3, -0.25) is 0 Å². The fourth-order valence-electron chi connectivity index (χ4n) is 2.13. The van der Waals surface area contributed by atoms with Crippen LogP contribution in [0.2, 0.25) is 0 Å². The monoisotopic (exact) mass is 628 g/mol. The van der Waals surface area contributed by atoms with Crippen molar-refractivity contribution in [1.82, 2.24) is 20.2 Å². The van der Waals surface area contributed by atoms with Gasteiger partial charge in [-0.1, -0.05) is 51.9 Å². The number of unbranched alkanes of at least 4 members (excludes halogenated alkanes) is 7. The molecule has 21 heavy (non-hydrogen) atoms. The molecule has 0 unspecified atom stereocenters. The molecule has 0 spiro atoms. The van der Waals surface area contributed by atoms with E-state index >= 15 is 0 Å². The second-order valence-electron chi connectivity index (χ2n) is 5.14. The molecule has 0 atom stereocenters. The molecule has 0 bridgehead atoms. The van der Waals surface area contributed by atoms with Crippen LogP contribution in [-0.2, 0) is 13.0 Å². The Bertz CT molecular complexity index is 428. The van der Waals surface area contributed by atoms with Crippen molar-refractivity contribution in [2.45, 2.75) is 71.3 Å². The molecule has 1 heterocycles. The first kappa shape index (κ1) is 20.0. The minimum Gasteiger partial charge on any atom is -0.225 e. The lowest BCUT2D eigenvalue weighted by Gasteiger charge is -2.05. The highest BCUT2D eigenvalue weighted by atomic mass is 127. The number of rotatable bonds is 11. The maximum Gasteiger partial charge on any atom is 0.151 e. The molecule has 0 amide bonds. The zero-order chi connectivity index (χ0) is 15.5. The van der Waals surface area contributed by atoms with Crippen LogP contribution in [0.15, 0.2) is 5.17 Å². The minimum atomic E-state index is 0.793. The Balaban J connectivity index is 2.21. The van der Waals surface area contributed by atoms with Crippen molar-refractivity contribution in [2.24, 2.45) is 0 Å². The molecular weight excluding hydrogens is 605 g/mol. The van der Waals surface area contributed by atoms with Gasteiger partial charge in [0.05, 0.1) is 8.13 Å². The van der Waals surface area contributed by atoms with Crippen LogP contribution >= 0.6 is 67.8 Å². The third-order valence-electron chi connectivity index (χ3n) is 3.35. The molecule has 120 valence electrons. The fraction of sp³-hybridized carbons (Fsp3) is 0.786. The second-order valence-corrected chi connectivity index (χ2v) is 10.7. The molecule has 0 radical (unpaired) electrons. The summed E-state index contributed by atoms with van der Waals surface area (Å²) in [6, 6.07) is 0. The molecule has 0 aromatic carbocycles. The minimum absolute atomic E-state index is 0.793. The first-order chi connectivity index (χ1) is 10.1. The molecule has 0 aliphatic heterocycles. The van der Waals surface area contributed by atoms with Crippen molar-refractivity contribution in [2.75, 3.05) is 0 Å². The number of hydrogen-bond acceptors (Lipinski definition) is 3. The molecule has 1 aromatic heterocycles. The van der Waals surface area contributed by atoms with E-state index in [2.05, 4.69) is 90.2 Å². The number of nitrogens with zero attached hydrogens (tertiary/aromatic N) is 4. The van der Waals surface area contributed by atoms with Gasteiger partial charge >= 0.3 is 0 Å². The second kappa shape index (κ2) is 12.4. The molecule has 4 nitrogen and oxygen atoms in total. The molecule has 0 fully saturated rings. The zero-order valence-electron chi connectivity index (χ0n) is 12.5. The molecular formula is C14H23I3N4. The summed E-state index contributed by atoms with van der Waals surface area (Å²) < 4.78 is 4.50. The number of aryl methyl sites for hydroxylation is 1. The topological polar surface area (TPSA) is 43.6 Å². The highest BCUT2D eigenvalue weighted by molar-refractivity contribution is 14.2. The molecule has 0 saturated carbocycles. The van der Waals surface area contributed by atoms with Crippen LogP contribution in [0.4, 0.5) is 0 Å². The molecule has 0 N–H and O–H groups in total. The van der Waals surface area contributed by atoms with Gasteiger partial charge in [0, 0.05) is 10.0 Å². The highest BCUT2D eigenvalue weighted by Crippen LogP contribution is 2.26. The van der Waals surface area contributed by atoms with E-state index < -0.39 is 0 Å². The lowest BCUT2D eigenvalue weighted by Crippen LogP contribution is -2.06. The predicted molar refractivity (Wildman–Crippen MR) is 113 cm³/mol. The van der Waals surface area contributed by atoms with Gasteiger partial charge in [0.2, 0.25) is 0 Å². The first-order valence-electron chi connectivity index (χ1n) is 7.59. The van der Waals surface area contributed by atoms with E-state index in [4.69, 9.17) is 0 Å². The lowest BCUT2D eigenvalue weighted by atomic mass is 10.1. The summed E-state index contributed by atoms with van der Waals surface area (Å²) in [6.45, 7) is 3.06. The van der Waals surface area contributed by atoms with Gasteiger partial charge < -0.3 is 0 Å². The van der Waals surface area contributed by atoms with E-state index in [1.807, 2.05) is 4.68 Å². The largest absolute Gasteiger partial charge is 0.225 e. The van der Waals surface area contributed by atoms with E-state index in [9.17, 15) is 0 Å². The molecule has 0 aliphatic rings. The average Bonchev–Trinajstić information content (AvgIpc) is 2.89. The number of tetrazole rings is 1. The van der Waals surface area contributed by atoms with Crippen LogP contribution in [0.1, 0.15) is 64.1 Å². The summed E-state index contributed by atoms with van der Waals surface area (Å²) in [5, 5.41) is 12.1. The lowest BCUT2D eigenvalue weighted by molar-refractivity contribution is 0.559. The van der Waals surface area contributed by atoms with Gasteiger partial charge in [-0.05, 0) is 84.6 Å². The Morgan fingerprint density at radius 1 is 0.952 bits per heavy atom. The van der Waals surface area contributed by atoms with E-state index in [0.29, 0.717) is 0 Å². The third-order valence-corrected chi connectivity index (χ3v) is 7.60. The molecule has 0 saturated heterocycles. The molecule has 1 aromatic rings. The van der Waals surface area contributed by atoms with Crippen molar-refractivity contribution in [3.05, 3.63) is 11.0 Å². The van der Waals surface area contributed by atoms with Crippen molar-refractivity contribution in [1.29, 1.82) is 0 Å². The van der Waals surface area contributed by atoms with Crippen molar-refractivity contribution >= 4 is 67.8 Å². The maximum absolute atomic E-state index is 4.16. The van der Waals surface area contributed by atoms with Crippen LogP contribution in [0.25, 0.3) is 0 Å². The summed E-state index contributed by atoms with van der Waals surface area (Å²) >= 11 is 7.03. The van der Waals surface area contributed by atoms with Gasteiger partial charge in [0.25, 0.3) is 0 Å². The van der Waals surface area contributed by atoms with Gasteiger partial charge in [0.15, 0.2) is 5.82 Å². The average molecular weight is 628 g/mol. The van der Waals surface area contributed by atoms with Gasteiger partial charge in [-0.15, -0.1) is 5.10 Å². The molecule has 7 heteroatoms. The fourth-order valence-corrected chi connectivity index (χ4v) is 2.80. The highest BCUT2D eigenvalue weighted by Gasteiger charge is 2.08. The van der Waals surface area contributed by atoms with Crippen LogP contribution in [0.5, 0.6) is 0 Å². The van der Waals surface area contributed by atoms with Gasteiger partial charge in [-0.2, -0.15) is 0 Å². The number of aromatic nitrogens is 4. The van der Waals surface area contributed by atoms with Crippen LogP contribution in [0, 0.1) is 0 Å². The van der Waals surface area contributed by atoms with Crippen LogP contribution in [0.3, 0.4) is 0 Å².